The third kappa shape index (κ3) is 4.00. The summed E-state index contributed by atoms with van der Waals surface area (Å²) in [5.41, 5.74) is 5.09. The van der Waals surface area contributed by atoms with E-state index in [-0.39, 0.29) is 18.0 Å². The number of nitrogens with zero attached hydrogens (tertiary/aromatic N) is 6. The molecule has 194 valence electrons. The fourth-order valence-electron chi connectivity index (χ4n) is 5.55. The zero-order valence-corrected chi connectivity index (χ0v) is 20.6. The number of hydrogen-bond donors (Lipinski definition) is 1. The molecule has 0 unspecified atom stereocenters. The maximum atomic E-state index is 13.6. The monoisotopic (exact) mass is 514 g/mol. The van der Waals surface area contributed by atoms with Crippen LogP contribution in [0.25, 0.3) is 5.69 Å². The highest BCUT2D eigenvalue weighted by Gasteiger charge is 2.40. The molecule has 0 bridgehead atoms. The first kappa shape index (κ1) is 23.8. The standard InChI is InChI=1S/C27H26N6O5/c1-2-24(35)30-11-9-20-25-21(32(29-20)19-7-5-17(6-8-19)16-3-4-16)10-12-31(22(25)15-30)27(36)18-13-23(34)26(28-14-18)33(37)38/h2,5-8,13-14,16,22,34H,1,3-4,9-12,15H2/t22-/m0/s1. The van der Waals surface area contributed by atoms with Gasteiger partial charge in [-0.05, 0) is 52.4 Å². The Morgan fingerprint density at radius 3 is 2.58 bits per heavy atom. The molecular formula is C27H26N6O5. The number of rotatable bonds is 5. The second kappa shape index (κ2) is 9.09. The van der Waals surface area contributed by atoms with Crippen LogP contribution in [-0.4, -0.2) is 66.0 Å². The predicted molar refractivity (Wildman–Crippen MR) is 136 cm³/mol. The lowest BCUT2D eigenvalue weighted by Gasteiger charge is -2.37. The average Bonchev–Trinajstić information content (AvgIpc) is 3.73. The van der Waals surface area contributed by atoms with Gasteiger partial charge in [0.2, 0.25) is 11.7 Å². The Bertz CT molecular complexity index is 1480. The van der Waals surface area contributed by atoms with E-state index >= 15 is 0 Å². The number of aromatic nitrogens is 3. The van der Waals surface area contributed by atoms with Gasteiger partial charge >= 0.3 is 5.82 Å². The first-order chi connectivity index (χ1) is 18.4. The molecule has 0 radical (unpaired) electrons. The number of carbonyl (C=O) groups excluding carboxylic acids is 2. The van der Waals surface area contributed by atoms with Gasteiger partial charge in [0.05, 0.1) is 28.7 Å². The minimum Gasteiger partial charge on any atom is -0.501 e. The van der Waals surface area contributed by atoms with Crippen LogP contribution in [0.4, 0.5) is 5.82 Å². The van der Waals surface area contributed by atoms with Crippen LogP contribution < -0.4 is 0 Å². The summed E-state index contributed by atoms with van der Waals surface area (Å²) in [5.74, 6) is -1.39. The van der Waals surface area contributed by atoms with Crippen LogP contribution in [0.2, 0.25) is 0 Å². The summed E-state index contributed by atoms with van der Waals surface area (Å²) in [6.45, 7) is 4.65. The molecule has 1 aliphatic carbocycles. The number of amides is 2. The van der Waals surface area contributed by atoms with Gasteiger partial charge in [-0.1, -0.05) is 18.7 Å². The molecule has 2 aliphatic heterocycles. The van der Waals surface area contributed by atoms with E-state index in [1.807, 2.05) is 4.68 Å². The van der Waals surface area contributed by atoms with Gasteiger partial charge in [-0.25, -0.2) is 4.68 Å². The van der Waals surface area contributed by atoms with E-state index in [1.165, 1.54) is 24.5 Å². The molecule has 3 aliphatic rings. The quantitative estimate of drug-likeness (QED) is 0.314. The van der Waals surface area contributed by atoms with Crippen LogP contribution in [0.15, 0.2) is 49.2 Å². The largest absolute Gasteiger partial charge is 0.501 e. The summed E-state index contributed by atoms with van der Waals surface area (Å²) in [6.07, 6.45) is 5.90. The molecule has 1 atom stereocenters. The molecule has 2 aromatic heterocycles. The number of pyridine rings is 1. The molecule has 4 heterocycles. The molecule has 1 aromatic carbocycles. The highest BCUT2D eigenvalue weighted by molar-refractivity contribution is 5.95. The van der Waals surface area contributed by atoms with Gasteiger partial charge in [0.25, 0.3) is 5.91 Å². The number of aromatic hydroxyl groups is 1. The number of benzene rings is 1. The van der Waals surface area contributed by atoms with Crippen molar-refractivity contribution in [2.45, 2.75) is 37.6 Å². The Morgan fingerprint density at radius 1 is 1.16 bits per heavy atom. The van der Waals surface area contributed by atoms with Crippen molar-refractivity contribution >= 4 is 17.6 Å². The SMILES string of the molecule is C=CC(=O)N1CCc2nn(-c3ccc(C4CC4)cc3)c3c2[C@H](C1)N(C(=O)c1cnc([N+](=O)[O-])c(O)c1)CC3. The van der Waals surface area contributed by atoms with Crippen molar-refractivity contribution in [2.24, 2.45) is 0 Å². The fraction of sp³-hybridized carbons (Fsp3) is 0.333. The molecule has 1 N–H and O–H groups in total. The van der Waals surface area contributed by atoms with Crippen LogP contribution in [0, 0.1) is 10.1 Å². The third-order valence-corrected chi connectivity index (χ3v) is 7.61. The second-order valence-electron chi connectivity index (χ2n) is 9.91. The van der Waals surface area contributed by atoms with Gasteiger partial charge in [-0.2, -0.15) is 5.10 Å². The molecule has 6 rings (SSSR count). The molecule has 3 aromatic rings. The van der Waals surface area contributed by atoms with Gasteiger partial charge in [-0.15, -0.1) is 0 Å². The van der Waals surface area contributed by atoms with Crippen molar-refractivity contribution in [2.75, 3.05) is 19.6 Å². The first-order valence-electron chi connectivity index (χ1n) is 12.6. The van der Waals surface area contributed by atoms with Gasteiger partial charge in [0, 0.05) is 44.1 Å². The molecule has 11 nitrogen and oxygen atoms in total. The van der Waals surface area contributed by atoms with Gasteiger partial charge in [0.15, 0.2) is 6.20 Å². The summed E-state index contributed by atoms with van der Waals surface area (Å²) >= 11 is 0. The molecular weight excluding hydrogens is 488 g/mol. The van der Waals surface area contributed by atoms with E-state index in [9.17, 15) is 24.8 Å². The lowest BCUT2D eigenvalue weighted by Crippen LogP contribution is -2.45. The summed E-state index contributed by atoms with van der Waals surface area (Å²) in [5, 5.41) is 26.1. The molecule has 11 heteroatoms. The third-order valence-electron chi connectivity index (χ3n) is 7.61. The maximum absolute atomic E-state index is 13.6. The van der Waals surface area contributed by atoms with E-state index in [4.69, 9.17) is 5.10 Å². The zero-order chi connectivity index (χ0) is 26.6. The molecule has 0 saturated heterocycles. The predicted octanol–water partition coefficient (Wildman–Crippen LogP) is 3.07. The Labute approximate surface area is 218 Å². The minimum atomic E-state index is -0.807. The maximum Gasteiger partial charge on any atom is 0.405 e. The lowest BCUT2D eigenvalue weighted by molar-refractivity contribution is -0.390. The highest BCUT2D eigenvalue weighted by Crippen LogP contribution is 2.41. The molecule has 0 spiro atoms. The van der Waals surface area contributed by atoms with E-state index in [0.29, 0.717) is 31.8 Å². The van der Waals surface area contributed by atoms with Crippen LogP contribution in [0.3, 0.4) is 0 Å². The highest BCUT2D eigenvalue weighted by atomic mass is 16.6. The van der Waals surface area contributed by atoms with Crippen molar-refractivity contribution in [3.63, 3.8) is 0 Å². The molecule has 1 saturated carbocycles. The number of nitro groups is 1. The summed E-state index contributed by atoms with van der Waals surface area (Å²) < 4.78 is 1.96. The van der Waals surface area contributed by atoms with E-state index in [2.05, 4.69) is 35.8 Å². The average molecular weight is 515 g/mol. The molecule has 2 amide bonds. The van der Waals surface area contributed by atoms with Gasteiger partial charge < -0.3 is 25.0 Å². The van der Waals surface area contributed by atoms with Gasteiger partial charge in [0.1, 0.15) is 0 Å². The van der Waals surface area contributed by atoms with Crippen molar-refractivity contribution in [1.29, 1.82) is 0 Å². The Hall–Kier alpha value is -4.54. The van der Waals surface area contributed by atoms with Crippen LogP contribution in [-0.2, 0) is 17.6 Å². The van der Waals surface area contributed by atoms with Crippen LogP contribution >= 0.6 is 0 Å². The van der Waals surface area contributed by atoms with Gasteiger partial charge in [-0.3, -0.25) is 9.59 Å². The Kier molecular flexibility index (Phi) is 5.70. The number of hydrogen-bond acceptors (Lipinski definition) is 7. The van der Waals surface area contributed by atoms with Crippen molar-refractivity contribution in [3.05, 3.63) is 87.4 Å². The minimum absolute atomic E-state index is 0.0343. The van der Waals surface area contributed by atoms with E-state index < -0.39 is 28.4 Å². The molecule has 38 heavy (non-hydrogen) atoms. The van der Waals surface area contributed by atoms with Crippen molar-refractivity contribution < 1.29 is 19.6 Å². The first-order valence-corrected chi connectivity index (χ1v) is 12.6. The second-order valence-corrected chi connectivity index (χ2v) is 9.91. The summed E-state index contributed by atoms with van der Waals surface area (Å²) in [7, 11) is 0. The normalized spacial score (nSPS) is 18.5. The smallest absolute Gasteiger partial charge is 0.405 e. The van der Waals surface area contributed by atoms with Crippen molar-refractivity contribution in [1.82, 2.24) is 24.6 Å². The van der Waals surface area contributed by atoms with Crippen LogP contribution in [0.5, 0.6) is 5.75 Å². The van der Waals surface area contributed by atoms with E-state index in [0.717, 1.165) is 34.9 Å². The Balaban J connectivity index is 1.39. The number of carbonyl (C=O) groups is 2. The zero-order valence-electron chi connectivity index (χ0n) is 20.6. The Morgan fingerprint density at radius 2 is 1.92 bits per heavy atom. The van der Waals surface area contributed by atoms with Crippen LogP contribution in [0.1, 0.15) is 57.7 Å². The fourth-order valence-corrected chi connectivity index (χ4v) is 5.55. The lowest BCUT2D eigenvalue weighted by atomic mass is 9.95. The summed E-state index contributed by atoms with van der Waals surface area (Å²) in [6, 6.07) is 9.06. The van der Waals surface area contributed by atoms with Crippen molar-refractivity contribution in [3.8, 4) is 11.4 Å². The molecule has 1 fully saturated rings. The summed E-state index contributed by atoms with van der Waals surface area (Å²) in [4.78, 5) is 43.5. The topological polar surface area (TPSA) is 135 Å². The van der Waals surface area contributed by atoms with E-state index in [1.54, 1.807) is 9.80 Å².